The maximum Gasteiger partial charge on any atom is 0.0577 e. The zero-order chi connectivity index (χ0) is 13.2. The van der Waals surface area contributed by atoms with Crippen molar-refractivity contribution >= 4 is 5.69 Å². The molecule has 1 aliphatic heterocycles. The summed E-state index contributed by atoms with van der Waals surface area (Å²) in [6, 6.07) is 6.61. The third-order valence-electron chi connectivity index (χ3n) is 3.77. The highest BCUT2D eigenvalue weighted by Gasteiger charge is 2.15. The standard InChI is InChI=1S/C15H18N4/c1-19-6-2-3-12-7-11(4-5-15(12)19)14-10-18-17-9-13(14)8-16/h4-5,7,9-10H,2-3,6,8,16H2,1H3. The minimum Gasteiger partial charge on any atom is -0.374 e. The van der Waals surface area contributed by atoms with Gasteiger partial charge in [0.1, 0.15) is 0 Å². The minimum atomic E-state index is 0.488. The van der Waals surface area contributed by atoms with Gasteiger partial charge in [-0.25, -0.2) is 0 Å². The van der Waals surface area contributed by atoms with Crippen molar-refractivity contribution in [3.8, 4) is 11.1 Å². The van der Waals surface area contributed by atoms with E-state index in [-0.39, 0.29) is 0 Å². The van der Waals surface area contributed by atoms with Gasteiger partial charge in [0.15, 0.2) is 0 Å². The second-order valence-electron chi connectivity index (χ2n) is 5.00. The first-order chi connectivity index (χ1) is 9.29. The molecule has 1 aromatic heterocycles. The molecule has 0 aliphatic carbocycles. The SMILES string of the molecule is CN1CCCc2cc(-c3cnncc3CN)ccc21. The molecule has 0 atom stereocenters. The van der Waals surface area contributed by atoms with Crippen LogP contribution in [0.2, 0.25) is 0 Å². The lowest BCUT2D eigenvalue weighted by Gasteiger charge is -2.28. The van der Waals surface area contributed by atoms with Crippen LogP contribution in [0, 0.1) is 0 Å². The third-order valence-corrected chi connectivity index (χ3v) is 3.77. The first-order valence-electron chi connectivity index (χ1n) is 6.63. The number of aryl methyl sites for hydroxylation is 1. The van der Waals surface area contributed by atoms with Crippen LogP contribution in [-0.4, -0.2) is 23.8 Å². The summed E-state index contributed by atoms with van der Waals surface area (Å²) in [4.78, 5) is 2.32. The molecule has 0 unspecified atom stereocenters. The molecule has 0 radical (unpaired) electrons. The van der Waals surface area contributed by atoms with Crippen molar-refractivity contribution in [3.05, 3.63) is 41.7 Å². The topological polar surface area (TPSA) is 55.0 Å². The molecule has 4 nitrogen and oxygen atoms in total. The number of nitrogens with two attached hydrogens (primary N) is 1. The summed E-state index contributed by atoms with van der Waals surface area (Å²) in [7, 11) is 2.15. The van der Waals surface area contributed by atoms with E-state index in [9.17, 15) is 0 Å². The third kappa shape index (κ3) is 2.19. The van der Waals surface area contributed by atoms with Gasteiger partial charge in [0.2, 0.25) is 0 Å². The molecule has 0 spiro atoms. The Morgan fingerprint density at radius 3 is 2.95 bits per heavy atom. The molecule has 4 heteroatoms. The number of hydrogen-bond donors (Lipinski definition) is 1. The van der Waals surface area contributed by atoms with Crippen LogP contribution in [0.4, 0.5) is 5.69 Å². The Kier molecular flexibility index (Phi) is 3.17. The van der Waals surface area contributed by atoms with E-state index in [2.05, 4.69) is 40.3 Å². The highest BCUT2D eigenvalue weighted by atomic mass is 15.1. The summed E-state index contributed by atoms with van der Waals surface area (Å²) in [6.07, 6.45) is 5.91. The number of nitrogens with zero attached hydrogens (tertiary/aromatic N) is 3. The Bertz CT molecular complexity index is 594. The highest BCUT2D eigenvalue weighted by Crippen LogP contribution is 2.31. The molecule has 2 N–H and O–H groups in total. The van der Waals surface area contributed by atoms with Gasteiger partial charge in [-0.2, -0.15) is 10.2 Å². The van der Waals surface area contributed by atoms with E-state index in [1.54, 1.807) is 12.4 Å². The van der Waals surface area contributed by atoms with Gasteiger partial charge in [0.25, 0.3) is 0 Å². The van der Waals surface area contributed by atoms with Crippen molar-refractivity contribution in [2.75, 3.05) is 18.5 Å². The lowest BCUT2D eigenvalue weighted by Crippen LogP contribution is -2.24. The van der Waals surface area contributed by atoms with Gasteiger partial charge in [-0.05, 0) is 41.7 Å². The fourth-order valence-corrected chi connectivity index (χ4v) is 2.72. The average molecular weight is 254 g/mol. The maximum atomic E-state index is 5.77. The molecule has 19 heavy (non-hydrogen) atoms. The van der Waals surface area contributed by atoms with Gasteiger partial charge in [0, 0.05) is 31.4 Å². The van der Waals surface area contributed by atoms with Gasteiger partial charge in [-0.15, -0.1) is 0 Å². The first kappa shape index (κ1) is 12.1. The van der Waals surface area contributed by atoms with E-state index in [1.165, 1.54) is 23.2 Å². The summed E-state index contributed by atoms with van der Waals surface area (Å²) < 4.78 is 0. The van der Waals surface area contributed by atoms with E-state index in [0.29, 0.717) is 6.54 Å². The van der Waals surface area contributed by atoms with E-state index < -0.39 is 0 Å². The summed E-state index contributed by atoms with van der Waals surface area (Å²) in [5, 5.41) is 7.88. The van der Waals surface area contributed by atoms with Crippen LogP contribution in [-0.2, 0) is 13.0 Å². The Balaban J connectivity index is 2.07. The first-order valence-corrected chi connectivity index (χ1v) is 6.63. The number of aromatic nitrogens is 2. The number of hydrogen-bond acceptors (Lipinski definition) is 4. The predicted octanol–water partition coefficient (Wildman–Crippen LogP) is 1.98. The van der Waals surface area contributed by atoms with Crippen molar-refractivity contribution in [1.29, 1.82) is 0 Å². The molecule has 0 saturated carbocycles. The Morgan fingerprint density at radius 2 is 2.11 bits per heavy atom. The molecular weight excluding hydrogens is 236 g/mol. The fourth-order valence-electron chi connectivity index (χ4n) is 2.72. The monoisotopic (exact) mass is 254 g/mol. The van der Waals surface area contributed by atoms with E-state index in [4.69, 9.17) is 5.73 Å². The van der Waals surface area contributed by atoms with E-state index in [0.717, 1.165) is 24.1 Å². The molecule has 0 fully saturated rings. The normalized spacial score (nSPS) is 14.3. The van der Waals surface area contributed by atoms with Crippen LogP contribution in [0.5, 0.6) is 0 Å². The lowest BCUT2D eigenvalue weighted by molar-refractivity contribution is 0.745. The number of anilines is 1. The summed E-state index contributed by atoms with van der Waals surface area (Å²) >= 11 is 0. The summed E-state index contributed by atoms with van der Waals surface area (Å²) in [5.74, 6) is 0. The highest BCUT2D eigenvalue weighted by molar-refractivity contribution is 5.71. The smallest absolute Gasteiger partial charge is 0.0577 e. The Morgan fingerprint density at radius 1 is 1.26 bits per heavy atom. The Labute approximate surface area is 113 Å². The second-order valence-corrected chi connectivity index (χ2v) is 5.00. The van der Waals surface area contributed by atoms with Crippen molar-refractivity contribution < 1.29 is 0 Å². The fraction of sp³-hybridized carbons (Fsp3) is 0.333. The van der Waals surface area contributed by atoms with Crippen LogP contribution >= 0.6 is 0 Å². The zero-order valence-corrected chi connectivity index (χ0v) is 11.1. The van der Waals surface area contributed by atoms with Crippen LogP contribution in [0.1, 0.15) is 17.5 Å². The van der Waals surface area contributed by atoms with Crippen LogP contribution in [0.3, 0.4) is 0 Å². The Hall–Kier alpha value is -1.94. The van der Waals surface area contributed by atoms with Gasteiger partial charge in [0.05, 0.1) is 12.4 Å². The predicted molar refractivity (Wildman–Crippen MR) is 77.0 cm³/mol. The van der Waals surface area contributed by atoms with Gasteiger partial charge >= 0.3 is 0 Å². The van der Waals surface area contributed by atoms with Gasteiger partial charge in [-0.1, -0.05) is 6.07 Å². The zero-order valence-electron chi connectivity index (χ0n) is 11.1. The van der Waals surface area contributed by atoms with E-state index in [1.807, 2.05) is 0 Å². The number of benzene rings is 1. The van der Waals surface area contributed by atoms with E-state index >= 15 is 0 Å². The molecule has 1 aromatic carbocycles. The maximum absolute atomic E-state index is 5.77. The van der Waals surface area contributed by atoms with Crippen molar-refractivity contribution in [1.82, 2.24) is 10.2 Å². The van der Waals surface area contributed by atoms with Crippen molar-refractivity contribution in [2.24, 2.45) is 5.73 Å². The molecule has 0 bridgehead atoms. The van der Waals surface area contributed by atoms with Crippen molar-refractivity contribution in [2.45, 2.75) is 19.4 Å². The quantitative estimate of drug-likeness (QED) is 0.890. The number of fused-ring (bicyclic) bond motifs is 1. The van der Waals surface area contributed by atoms with Gasteiger partial charge in [-0.3, -0.25) is 0 Å². The van der Waals surface area contributed by atoms with Crippen LogP contribution in [0.15, 0.2) is 30.6 Å². The lowest BCUT2D eigenvalue weighted by atomic mass is 9.95. The molecule has 0 amide bonds. The molecule has 98 valence electrons. The molecule has 1 aliphatic rings. The van der Waals surface area contributed by atoms with Crippen LogP contribution in [0.25, 0.3) is 11.1 Å². The summed E-state index contributed by atoms with van der Waals surface area (Å²) in [6.45, 7) is 1.62. The second kappa shape index (κ2) is 4.97. The average Bonchev–Trinajstić information content (AvgIpc) is 2.47. The molecule has 2 aromatic rings. The van der Waals surface area contributed by atoms with Crippen LogP contribution < -0.4 is 10.6 Å². The van der Waals surface area contributed by atoms with Crippen molar-refractivity contribution in [3.63, 3.8) is 0 Å². The number of rotatable bonds is 2. The molecule has 0 saturated heterocycles. The summed E-state index contributed by atoms with van der Waals surface area (Å²) in [5.41, 5.74) is 11.8. The minimum absolute atomic E-state index is 0.488. The molecular formula is C15H18N4. The molecule has 3 rings (SSSR count). The molecule has 2 heterocycles. The largest absolute Gasteiger partial charge is 0.374 e. The van der Waals surface area contributed by atoms with Gasteiger partial charge < -0.3 is 10.6 Å².